The molecule has 1 N–H and O–H groups in total. The SMILES string of the molecule is c1cn(Cc2ccsc2)c(CNC2CC2)n1. The van der Waals surface area contributed by atoms with Crippen molar-refractivity contribution in [3.05, 3.63) is 40.6 Å². The summed E-state index contributed by atoms with van der Waals surface area (Å²) >= 11 is 1.75. The van der Waals surface area contributed by atoms with Crippen LogP contribution in [0.1, 0.15) is 24.2 Å². The summed E-state index contributed by atoms with van der Waals surface area (Å²) in [5.74, 6) is 1.14. The maximum atomic E-state index is 4.40. The van der Waals surface area contributed by atoms with E-state index < -0.39 is 0 Å². The molecule has 0 radical (unpaired) electrons. The standard InChI is InChI=1S/C12H15N3S/c1-2-11(1)14-7-12-13-4-5-15(12)8-10-3-6-16-9-10/h3-6,9,11,14H,1-2,7-8H2. The van der Waals surface area contributed by atoms with E-state index >= 15 is 0 Å². The van der Waals surface area contributed by atoms with Gasteiger partial charge in [0.1, 0.15) is 5.82 Å². The summed E-state index contributed by atoms with van der Waals surface area (Å²) in [5.41, 5.74) is 1.36. The van der Waals surface area contributed by atoms with Gasteiger partial charge >= 0.3 is 0 Å². The van der Waals surface area contributed by atoms with Crippen LogP contribution >= 0.6 is 11.3 Å². The lowest BCUT2D eigenvalue weighted by atomic mass is 10.3. The molecule has 0 aliphatic heterocycles. The van der Waals surface area contributed by atoms with E-state index in [1.807, 2.05) is 6.20 Å². The first kappa shape index (κ1) is 10.1. The van der Waals surface area contributed by atoms with Crippen LogP contribution in [-0.2, 0) is 13.1 Å². The van der Waals surface area contributed by atoms with E-state index in [0.717, 1.165) is 25.0 Å². The first-order valence-corrected chi connectivity index (χ1v) is 6.60. The smallest absolute Gasteiger partial charge is 0.122 e. The molecule has 4 heteroatoms. The number of rotatable bonds is 5. The summed E-state index contributed by atoms with van der Waals surface area (Å²) in [4.78, 5) is 4.40. The fourth-order valence-electron chi connectivity index (χ4n) is 1.75. The van der Waals surface area contributed by atoms with Gasteiger partial charge in [0, 0.05) is 25.0 Å². The molecule has 1 fully saturated rings. The summed E-state index contributed by atoms with van der Waals surface area (Å²) in [6, 6.07) is 2.91. The largest absolute Gasteiger partial charge is 0.329 e. The molecular formula is C12H15N3S. The highest BCUT2D eigenvalue weighted by molar-refractivity contribution is 7.07. The van der Waals surface area contributed by atoms with Crippen molar-refractivity contribution >= 4 is 11.3 Å². The molecular weight excluding hydrogens is 218 g/mol. The molecule has 0 saturated heterocycles. The summed E-state index contributed by atoms with van der Waals surface area (Å²) in [6.45, 7) is 1.83. The second-order valence-corrected chi connectivity index (χ2v) is 5.04. The van der Waals surface area contributed by atoms with E-state index in [-0.39, 0.29) is 0 Å². The van der Waals surface area contributed by atoms with Crippen molar-refractivity contribution in [1.82, 2.24) is 14.9 Å². The Balaban J connectivity index is 1.66. The molecule has 84 valence electrons. The number of imidazole rings is 1. The maximum absolute atomic E-state index is 4.40. The molecule has 0 aromatic carbocycles. The van der Waals surface area contributed by atoms with E-state index in [1.54, 1.807) is 11.3 Å². The Morgan fingerprint density at radius 3 is 3.19 bits per heavy atom. The van der Waals surface area contributed by atoms with Gasteiger partial charge < -0.3 is 9.88 Å². The Bertz CT molecular complexity index is 443. The fraction of sp³-hybridized carbons (Fsp3) is 0.417. The summed E-state index contributed by atoms with van der Waals surface area (Å²) in [7, 11) is 0. The van der Waals surface area contributed by atoms with Gasteiger partial charge in [-0.05, 0) is 35.2 Å². The van der Waals surface area contributed by atoms with Gasteiger partial charge in [-0.25, -0.2) is 4.98 Å². The molecule has 0 atom stereocenters. The zero-order chi connectivity index (χ0) is 10.8. The van der Waals surface area contributed by atoms with Crippen LogP contribution in [0.15, 0.2) is 29.2 Å². The molecule has 3 rings (SSSR count). The highest BCUT2D eigenvalue weighted by Gasteiger charge is 2.20. The number of hydrogen-bond donors (Lipinski definition) is 1. The molecule has 0 amide bonds. The van der Waals surface area contributed by atoms with Crippen molar-refractivity contribution in [3.63, 3.8) is 0 Å². The number of hydrogen-bond acceptors (Lipinski definition) is 3. The Kier molecular flexibility index (Phi) is 2.76. The van der Waals surface area contributed by atoms with Crippen molar-refractivity contribution in [3.8, 4) is 0 Å². The third-order valence-corrected chi connectivity index (χ3v) is 3.59. The summed E-state index contributed by atoms with van der Waals surface area (Å²) in [5, 5.41) is 7.81. The second kappa shape index (κ2) is 4.39. The Morgan fingerprint density at radius 1 is 1.50 bits per heavy atom. The Hall–Kier alpha value is -1.13. The van der Waals surface area contributed by atoms with Crippen LogP contribution in [0.3, 0.4) is 0 Å². The first-order chi connectivity index (χ1) is 7.92. The van der Waals surface area contributed by atoms with Gasteiger partial charge in [-0.15, -0.1) is 0 Å². The van der Waals surface area contributed by atoms with E-state index in [9.17, 15) is 0 Å². The van der Waals surface area contributed by atoms with Crippen LogP contribution in [0.25, 0.3) is 0 Å². The predicted molar refractivity (Wildman–Crippen MR) is 65.5 cm³/mol. The van der Waals surface area contributed by atoms with Crippen LogP contribution in [-0.4, -0.2) is 15.6 Å². The van der Waals surface area contributed by atoms with Crippen LogP contribution < -0.4 is 5.32 Å². The predicted octanol–water partition coefficient (Wildman–Crippen LogP) is 2.24. The number of thiophene rings is 1. The summed E-state index contributed by atoms with van der Waals surface area (Å²) in [6.07, 6.45) is 6.59. The van der Waals surface area contributed by atoms with Gasteiger partial charge in [0.2, 0.25) is 0 Å². The van der Waals surface area contributed by atoms with Crippen LogP contribution in [0.2, 0.25) is 0 Å². The zero-order valence-corrected chi connectivity index (χ0v) is 9.91. The molecule has 3 nitrogen and oxygen atoms in total. The number of nitrogens with one attached hydrogen (secondary N) is 1. The molecule has 1 saturated carbocycles. The van der Waals surface area contributed by atoms with Crippen molar-refractivity contribution in [2.75, 3.05) is 0 Å². The van der Waals surface area contributed by atoms with Gasteiger partial charge in [0.05, 0.1) is 6.54 Å². The third kappa shape index (κ3) is 2.33. The van der Waals surface area contributed by atoms with E-state index in [0.29, 0.717) is 0 Å². The average Bonchev–Trinajstić information content (AvgIpc) is 2.79. The monoisotopic (exact) mass is 233 g/mol. The molecule has 16 heavy (non-hydrogen) atoms. The topological polar surface area (TPSA) is 29.9 Å². The van der Waals surface area contributed by atoms with Crippen LogP contribution in [0.4, 0.5) is 0 Å². The molecule has 0 unspecified atom stereocenters. The maximum Gasteiger partial charge on any atom is 0.122 e. The number of nitrogens with zero attached hydrogens (tertiary/aromatic N) is 2. The van der Waals surface area contributed by atoms with Crippen LogP contribution in [0, 0.1) is 0 Å². The Morgan fingerprint density at radius 2 is 2.44 bits per heavy atom. The Labute approximate surface area is 99.1 Å². The fourth-order valence-corrected chi connectivity index (χ4v) is 2.41. The van der Waals surface area contributed by atoms with Crippen molar-refractivity contribution in [2.45, 2.75) is 32.0 Å². The summed E-state index contributed by atoms with van der Waals surface area (Å²) < 4.78 is 2.22. The molecule has 1 aliphatic carbocycles. The van der Waals surface area contributed by atoms with E-state index in [4.69, 9.17) is 0 Å². The lowest BCUT2D eigenvalue weighted by Crippen LogP contribution is -2.19. The van der Waals surface area contributed by atoms with E-state index in [2.05, 4.69) is 37.9 Å². The zero-order valence-electron chi connectivity index (χ0n) is 9.10. The quantitative estimate of drug-likeness (QED) is 0.858. The normalized spacial score (nSPS) is 15.5. The van der Waals surface area contributed by atoms with Gasteiger partial charge in [0.15, 0.2) is 0 Å². The average molecular weight is 233 g/mol. The van der Waals surface area contributed by atoms with Crippen LogP contribution in [0.5, 0.6) is 0 Å². The molecule has 0 spiro atoms. The highest BCUT2D eigenvalue weighted by atomic mass is 32.1. The van der Waals surface area contributed by atoms with Crippen molar-refractivity contribution in [2.24, 2.45) is 0 Å². The highest BCUT2D eigenvalue weighted by Crippen LogP contribution is 2.19. The second-order valence-electron chi connectivity index (χ2n) is 4.26. The lowest BCUT2D eigenvalue weighted by Gasteiger charge is -2.07. The minimum Gasteiger partial charge on any atom is -0.329 e. The van der Waals surface area contributed by atoms with Gasteiger partial charge in [0.25, 0.3) is 0 Å². The van der Waals surface area contributed by atoms with Gasteiger partial charge in [-0.2, -0.15) is 11.3 Å². The molecule has 2 aromatic rings. The van der Waals surface area contributed by atoms with Gasteiger partial charge in [-0.1, -0.05) is 0 Å². The molecule has 1 aliphatic rings. The van der Waals surface area contributed by atoms with Crippen molar-refractivity contribution < 1.29 is 0 Å². The third-order valence-electron chi connectivity index (χ3n) is 2.86. The van der Waals surface area contributed by atoms with Crippen molar-refractivity contribution in [1.29, 1.82) is 0 Å². The van der Waals surface area contributed by atoms with Gasteiger partial charge in [-0.3, -0.25) is 0 Å². The first-order valence-electron chi connectivity index (χ1n) is 5.66. The minimum absolute atomic E-state index is 0.742. The minimum atomic E-state index is 0.742. The number of aromatic nitrogens is 2. The lowest BCUT2D eigenvalue weighted by molar-refractivity contribution is 0.619. The molecule has 0 bridgehead atoms. The molecule has 2 aromatic heterocycles. The molecule has 2 heterocycles. The van der Waals surface area contributed by atoms with E-state index in [1.165, 1.54) is 18.4 Å².